The fourth-order valence-electron chi connectivity index (χ4n) is 7.73. The second-order valence-corrected chi connectivity index (χ2v) is 13.1. The number of ether oxygens (including phenoxy) is 3. The molecule has 0 aromatic heterocycles. The van der Waals surface area contributed by atoms with Gasteiger partial charge in [0, 0.05) is 31.8 Å². The van der Waals surface area contributed by atoms with Gasteiger partial charge in [-0.2, -0.15) is 0 Å². The number of anilines is 1. The molecular weight excluding hydrogens is 638 g/mol. The zero-order chi connectivity index (χ0) is 35.7. The number of nitrogens with one attached hydrogen (secondary N) is 1. The first-order valence-corrected chi connectivity index (χ1v) is 17.6. The van der Waals surface area contributed by atoms with E-state index in [-0.39, 0.29) is 43.9 Å². The lowest BCUT2D eigenvalue weighted by molar-refractivity contribution is -0.146. The standard InChI is InChI=1S/C39H49N3O8/c1-4-6-16-32(44)49-26-30(27-14-10-9-11-15-27)40-36(45)33-31-21-22-39(50-31)34(33)37(46)42(24-12-7-8-13-25-43)35(39)38(47)41(23-5-2)28-17-19-29(48-3)20-18-28/h4-5,9-11,14-15,17-20,30-31,33-35,43H,1-2,6-8,12-13,16,21-26H2,3H3,(H,40,45)/t30-,31+,33-,34-,35+,39-/m0/s1. The van der Waals surface area contributed by atoms with E-state index in [0.717, 1.165) is 18.4 Å². The minimum atomic E-state index is -1.18. The Labute approximate surface area is 294 Å². The van der Waals surface area contributed by atoms with Gasteiger partial charge in [-0.3, -0.25) is 19.2 Å². The molecule has 2 aromatic rings. The van der Waals surface area contributed by atoms with E-state index in [9.17, 15) is 24.3 Å². The van der Waals surface area contributed by atoms with E-state index in [1.165, 1.54) is 0 Å². The Hall–Kier alpha value is -4.48. The third-order valence-electron chi connectivity index (χ3n) is 10.1. The molecule has 0 radical (unpaired) electrons. The SMILES string of the molecule is C=CCCC(=O)OC[C@H](NC(=O)[C@@H]1[C@H]2C(=O)N(CCCCCCO)[C@H](C(=O)N(CC=C)c3ccc(OC)cc3)[C@]23CC[C@H]1O3)c1ccccc1. The molecule has 0 saturated carbocycles. The van der Waals surface area contributed by atoms with Crippen molar-refractivity contribution >= 4 is 29.4 Å². The molecule has 3 amide bonds. The van der Waals surface area contributed by atoms with Crippen molar-refractivity contribution in [2.45, 2.75) is 75.2 Å². The third-order valence-corrected chi connectivity index (χ3v) is 10.1. The molecule has 1 spiro atoms. The van der Waals surface area contributed by atoms with Gasteiger partial charge < -0.3 is 34.4 Å². The number of aliphatic hydroxyl groups excluding tert-OH is 1. The molecule has 268 valence electrons. The van der Waals surface area contributed by atoms with Crippen LogP contribution in [0.3, 0.4) is 0 Å². The number of fused-ring (bicyclic) bond motifs is 1. The number of benzene rings is 2. The van der Waals surface area contributed by atoms with E-state index in [4.69, 9.17) is 14.2 Å². The number of amides is 3. The molecule has 2 aromatic carbocycles. The van der Waals surface area contributed by atoms with E-state index in [1.54, 1.807) is 53.3 Å². The first kappa shape index (κ1) is 36.8. The maximum Gasteiger partial charge on any atom is 0.306 e. The normalized spacial score (nSPS) is 24.0. The highest BCUT2D eigenvalue weighted by Gasteiger charge is 2.74. The van der Waals surface area contributed by atoms with Gasteiger partial charge in [0.05, 0.1) is 31.1 Å². The molecule has 3 heterocycles. The van der Waals surface area contributed by atoms with Gasteiger partial charge in [-0.25, -0.2) is 0 Å². The smallest absolute Gasteiger partial charge is 0.306 e. The lowest BCUT2D eigenvalue weighted by atomic mass is 9.70. The quantitative estimate of drug-likeness (QED) is 0.125. The molecule has 3 aliphatic rings. The number of carbonyl (C=O) groups is 4. The number of allylic oxidation sites excluding steroid dienone is 1. The number of aliphatic hydroxyl groups is 1. The van der Waals surface area contributed by atoms with Gasteiger partial charge in [-0.05, 0) is 61.9 Å². The summed E-state index contributed by atoms with van der Waals surface area (Å²) in [4.78, 5) is 59.2. The molecule has 11 nitrogen and oxygen atoms in total. The van der Waals surface area contributed by atoms with Crippen molar-refractivity contribution in [3.63, 3.8) is 0 Å². The fourth-order valence-corrected chi connectivity index (χ4v) is 7.73. The maximum absolute atomic E-state index is 14.8. The van der Waals surface area contributed by atoms with E-state index in [1.807, 2.05) is 30.3 Å². The third kappa shape index (κ3) is 7.63. The Morgan fingerprint density at radius 3 is 2.50 bits per heavy atom. The minimum Gasteiger partial charge on any atom is -0.497 e. The summed E-state index contributed by atoms with van der Waals surface area (Å²) in [7, 11) is 1.57. The molecular formula is C39H49N3O8. The van der Waals surface area contributed by atoms with Crippen LogP contribution in [-0.4, -0.2) is 84.9 Å². The average Bonchev–Trinajstić information content (AvgIpc) is 3.78. The first-order valence-electron chi connectivity index (χ1n) is 17.6. The van der Waals surface area contributed by atoms with Gasteiger partial charge >= 0.3 is 5.97 Å². The molecule has 0 aliphatic carbocycles. The molecule has 2 bridgehead atoms. The maximum atomic E-state index is 14.8. The zero-order valence-electron chi connectivity index (χ0n) is 28.8. The van der Waals surface area contributed by atoms with Crippen LogP contribution in [-0.2, 0) is 28.7 Å². The Kier molecular flexibility index (Phi) is 12.5. The molecule has 3 aliphatic heterocycles. The molecule has 5 rings (SSSR count). The van der Waals surface area contributed by atoms with E-state index >= 15 is 0 Å². The molecule has 2 N–H and O–H groups in total. The predicted octanol–water partition coefficient (Wildman–Crippen LogP) is 4.51. The van der Waals surface area contributed by atoms with Crippen LogP contribution in [0.25, 0.3) is 0 Å². The Morgan fingerprint density at radius 1 is 1.08 bits per heavy atom. The van der Waals surface area contributed by atoms with Crippen molar-refractivity contribution in [1.29, 1.82) is 0 Å². The summed E-state index contributed by atoms with van der Waals surface area (Å²) in [5.74, 6) is -2.39. The summed E-state index contributed by atoms with van der Waals surface area (Å²) >= 11 is 0. The topological polar surface area (TPSA) is 135 Å². The van der Waals surface area contributed by atoms with Gasteiger partial charge in [0.1, 0.15) is 24.0 Å². The summed E-state index contributed by atoms with van der Waals surface area (Å²) in [6, 6.07) is 14.8. The highest BCUT2D eigenvalue weighted by molar-refractivity contribution is 6.05. The van der Waals surface area contributed by atoms with Crippen molar-refractivity contribution < 1.29 is 38.5 Å². The number of methoxy groups -OCH3 is 1. The second kappa shape index (κ2) is 17.0. The lowest BCUT2D eigenvalue weighted by Crippen LogP contribution is -2.56. The Morgan fingerprint density at radius 2 is 1.82 bits per heavy atom. The number of esters is 1. The second-order valence-electron chi connectivity index (χ2n) is 13.1. The van der Waals surface area contributed by atoms with Crippen molar-refractivity contribution in [2.24, 2.45) is 11.8 Å². The minimum absolute atomic E-state index is 0.0762. The lowest BCUT2D eigenvalue weighted by Gasteiger charge is -2.37. The molecule has 0 unspecified atom stereocenters. The van der Waals surface area contributed by atoms with Crippen LogP contribution in [0, 0.1) is 11.8 Å². The van der Waals surface area contributed by atoms with Crippen LogP contribution in [0.5, 0.6) is 5.75 Å². The zero-order valence-corrected chi connectivity index (χ0v) is 28.8. The van der Waals surface area contributed by atoms with Gasteiger partial charge in [0.2, 0.25) is 11.8 Å². The average molecular weight is 688 g/mol. The van der Waals surface area contributed by atoms with Crippen molar-refractivity contribution in [3.8, 4) is 5.75 Å². The van der Waals surface area contributed by atoms with Gasteiger partial charge in [0.15, 0.2) is 0 Å². The van der Waals surface area contributed by atoms with E-state index in [0.29, 0.717) is 50.1 Å². The van der Waals surface area contributed by atoms with Crippen LogP contribution in [0.1, 0.15) is 63.0 Å². The number of rotatable bonds is 19. The van der Waals surface area contributed by atoms with Crippen LogP contribution >= 0.6 is 0 Å². The summed E-state index contributed by atoms with van der Waals surface area (Å²) in [6.07, 6.45) is 7.24. The van der Waals surface area contributed by atoms with Gasteiger partial charge in [-0.15, -0.1) is 13.2 Å². The summed E-state index contributed by atoms with van der Waals surface area (Å²) in [5.41, 5.74) is 0.198. The highest BCUT2D eigenvalue weighted by Crippen LogP contribution is 2.58. The number of likely N-dealkylation sites (tertiary alicyclic amines) is 1. The Bertz CT molecular complexity index is 1510. The number of hydrogen-bond acceptors (Lipinski definition) is 8. The highest BCUT2D eigenvalue weighted by atomic mass is 16.5. The van der Waals surface area contributed by atoms with Gasteiger partial charge in [-0.1, -0.05) is 55.3 Å². The summed E-state index contributed by atoms with van der Waals surface area (Å²) < 4.78 is 17.6. The predicted molar refractivity (Wildman–Crippen MR) is 188 cm³/mol. The van der Waals surface area contributed by atoms with Crippen LogP contribution in [0.4, 0.5) is 5.69 Å². The number of carbonyl (C=O) groups excluding carboxylic acids is 4. The molecule has 6 atom stereocenters. The van der Waals surface area contributed by atoms with E-state index in [2.05, 4.69) is 18.5 Å². The first-order chi connectivity index (χ1) is 24.3. The number of hydrogen-bond donors (Lipinski definition) is 2. The van der Waals surface area contributed by atoms with Crippen molar-refractivity contribution in [2.75, 3.05) is 38.3 Å². The summed E-state index contributed by atoms with van der Waals surface area (Å²) in [6.45, 7) is 8.08. The number of unbranched alkanes of at least 4 members (excludes halogenated alkanes) is 3. The molecule has 50 heavy (non-hydrogen) atoms. The fraction of sp³-hybridized carbons (Fsp3) is 0.487. The Balaban J connectivity index is 1.44. The van der Waals surface area contributed by atoms with Crippen LogP contribution < -0.4 is 15.0 Å². The molecule has 3 fully saturated rings. The van der Waals surface area contributed by atoms with Crippen LogP contribution in [0.15, 0.2) is 79.9 Å². The van der Waals surface area contributed by atoms with Crippen molar-refractivity contribution in [3.05, 3.63) is 85.5 Å². The molecule has 3 saturated heterocycles. The number of nitrogens with zero attached hydrogens (tertiary/aromatic N) is 2. The van der Waals surface area contributed by atoms with E-state index < -0.39 is 41.6 Å². The summed E-state index contributed by atoms with van der Waals surface area (Å²) in [5, 5.41) is 12.3. The van der Waals surface area contributed by atoms with Crippen LogP contribution in [0.2, 0.25) is 0 Å². The van der Waals surface area contributed by atoms with Crippen molar-refractivity contribution in [1.82, 2.24) is 10.2 Å². The monoisotopic (exact) mass is 687 g/mol. The largest absolute Gasteiger partial charge is 0.497 e. The van der Waals surface area contributed by atoms with Gasteiger partial charge in [0.25, 0.3) is 5.91 Å². The molecule has 11 heteroatoms.